The van der Waals surface area contributed by atoms with Crippen molar-refractivity contribution in [3.63, 3.8) is 0 Å². The van der Waals surface area contributed by atoms with E-state index in [0.29, 0.717) is 30.2 Å². The molecule has 1 amide bonds. The van der Waals surface area contributed by atoms with E-state index in [1.165, 1.54) is 4.88 Å². The molecular weight excluding hydrogens is 354 g/mol. The van der Waals surface area contributed by atoms with E-state index in [-0.39, 0.29) is 11.3 Å². The van der Waals surface area contributed by atoms with Gasteiger partial charge in [0, 0.05) is 22.4 Å². The van der Waals surface area contributed by atoms with Crippen molar-refractivity contribution in [1.82, 2.24) is 5.32 Å². The number of carboxylic acids is 1. The van der Waals surface area contributed by atoms with E-state index in [1.807, 2.05) is 11.4 Å². The zero-order chi connectivity index (χ0) is 19.2. The van der Waals surface area contributed by atoms with Gasteiger partial charge in [-0.05, 0) is 36.6 Å². The van der Waals surface area contributed by atoms with Crippen molar-refractivity contribution in [3.8, 4) is 11.5 Å². The summed E-state index contributed by atoms with van der Waals surface area (Å²) in [7, 11) is 0. The molecule has 6 nitrogen and oxygen atoms in total. The van der Waals surface area contributed by atoms with Crippen LogP contribution in [0.3, 0.4) is 0 Å². The van der Waals surface area contributed by atoms with Crippen LogP contribution >= 0.6 is 11.3 Å². The van der Waals surface area contributed by atoms with Gasteiger partial charge in [-0.1, -0.05) is 19.9 Å². The number of carbonyl (C=O) groups is 2. The second-order valence-corrected chi connectivity index (χ2v) is 7.27. The summed E-state index contributed by atoms with van der Waals surface area (Å²) in [4.78, 5) is 24.4. The number of aliphatic carboxylic acids is 1. The minimum atomic E-state index is -1.08. The zero-order valence-electron chi connectivity index (χ0n) is 15.1. The third kappa shape index (κ3) is 5.23. The highest BCUT2D eigenvalue weighted by molar-refractivity contribution is 7.10. The maximum absolute atomic E-state index is 12.5. The van der Waals surface area contributed by atoms with Crippen LogP contribution in [0.5, 0.6) is 11.5 Å². The van der Waals surface area contributed by atoms with Crippen LogP contribution in [-0.2, 0) is 10.2 Å². The average Bonchev–Trinajstić information content (AvgIpc) is 3.14. The van der Waals surface area contributed by atoms with Crippen molar-refractivity contribution in [1.29, 1.82) is 0 Å². The minimum Gasteiger partial charge on any atom is -0.490 e. The van der Waals surface area contributed by atoms with Gasteiger partial charge in [-0.25, -0.2) is 4.79 Å². The molecule has 0 aliphatic heterocycles. The quantitative estimate of drug-likeness (QED) is 0.700. The van der Waals surface area contributed by atoms with E-state index < -0.39 is 12.6 Å². The molecule has 140 valence electrons. The summed E-state index contributed by atoms with van der Waals surface area (Å²) in [6.07, 6.45) is 0. The predicted molar refractivity (Wildman–Crippen MR) is 100 cm³/mol. The first kappa shape index (κ1) is 19.8. The SMILES string of the molecule is CCOc1cc(C(=O)NCC(C)(C)c2cccs2)ccc1OCC(=O)O. The average molecular weight is 377 g/mol. The Morgan fingerprint density at radius 3 is 2.58 bits per heavy atom. The lowest BCUT2D eigenvalue weighted by molar-refractivity contribution is -0.139. The standard InChI is InChI=1S/C19H23NO5S/c1-4-24-15-10-13(7-8-14(15)25-11-17(21)22)18(23)20-12-19(2,3)16-6-5-9-26-16/h5-10H,4,11-12H2,1-3H3,(H,20,23)(H,21,22). The minimum absolute atomic E-state index is 0.170. The van der Waals surface area contributed by atoms with Crippen molar-refractivity contribution in [2.45, 2.75) is 26.2 Å². The first-order valence-corrected chi connectivity index (χ1v) is 9.15. The zero-order valence-corrected chi connectivity index (χ0v) is 15.9. The highest BCUT2D eigenvalue weighted by Crippen LogP contribution is 2.29. The van der Waals surface area contributed by atoms with Crippen LogP contribution < -0.4 is 14.8 Å². The van der Waals surface area contributed by atoms with Gasteiger partial charge in [0.25, 0.3) is 5.91 Å². The fourth-order valence-corrected chi connectivity index (χ4v) is 3.18. The molecule has 26 heavy (non-hydrogen) atoms. The Hall–Kier alpha value is -2.54. The van der Waals surface area contributed by atoms with Crippen LogP contribution in [0.1, 0.15) is 36.0 Å². The Balaban J connectivity index is 2.08. The van der Waals surface area contributed by atoms with Gasteiger partial charge in [0.1, 0.15) is 0 Å². The van der Waals surface area contributed by atoms with Crippen LogP contribution in [0.15, 0.2) is 35.7 Å². The molecule has 0 bridgehead atoms. The number of carboxylic acid groups (broad SMARTS) is 1. The lowest BCUT2D eigenvalue weighted by atomic mass is 9.91. The number of benzene rings is 1. The molecule has 0 atom stereocenters. The molecule has 1 aromatic carbocycles. The van der Waals surface area contributed by atoms with Gasteiger partial charge in [-0.3, -0.25) is 4.79 Å². The fourth-order valence-electron chi connectivity index (χ4n) is 2.33. The third-order valence-corrected chi connectivity index (χ3v) is 4.97. The molecule has 7 heteroatoms. The summed E-state index contributed by atoms with van der Waals surface area (Å²) in [6, 6.07) is 8.75. The first-order chi connectivity index (χ1) is 12.3. The molecule has 2 aromatic rings. The van der Waals surface area contributed by atoms with Crippen LogP contribution in [0.25, 0.3) is 0 Å². The number of carbonyl (C=O) groups excluding carboxylic acids is 1. The summed E-state index contributed by atoms with van der Waals surface area (Å²) >= 11 is 1.66. The fraction of sp³-hybridized carbons (Fsp3) is 0.368. The molecule has 0 radical (unpaired) electrons. The first-order valence-electron chi connectivity index (χ1n) is 8.27. The Bertz CT molecular complexity index is 755. The van der Waals surface area contributed by atoms with Crippen LogP contribution in [0, 0.1) is 0 Å². The number of nitrogens with one attached hydrogen (secondary N) is 1. The number of ether oxygens (including phenoxy) is 2. The Morgan fingerprint density at radius 2 is 1.96 bits per heavy atom. The molecular formula is C19H23NO5S. The van der Waals surface area contributed by atoms with Crippen molar-refractivity contribution in [2.24, 2.45) is 0 Å². The van der Waals surface area contributed by atoms with Crippen LogP contribution in [0.2, 0.25) is 0 Å². The maximum atomic E-state index is 12.5. The highest BCUT2D eigenvalue weighted by Gasteiger charge is 2.23. The van der Waals surface area contributed by atoms with Crippen molar-refractivity contribution in [2.75, 3.05) is 19.8 Å². The second kappa shape index (κ2) is 8.71. The summed E-state index contributed by atoms with van der Waals surface area (Å²) in [6.45, 7) is 6.35. The topological polar surface area (TPSA) is 84.9 Å². The van der Waals surface area contributed by atoms with Gasteiger partial charge < -0.3 is 19.9 Å². The maximum Gasteiger partial charge on any atom is 0.341 e. The third-order valence-electron chi connectivity index (χ3n) is 3.74. The largest absolute Gasteiger partial charge is 0.490 e. The lowest BCUT2D eigenvalue weighted by Gasteiger charge is -2.23. The van der Waals surface area contributed by atoms with Crippen molar-refractivity contribution < 1.29 is 24.2 Å². The molecule has 1 heterocycles. The molecule has 0 unspecified atom stereocenters. The van der Waals surface area contributed by atoms with E-state index in [0.717, 1.165) is 0 Å². The number of amides is 1. The van der Waals surface area contributed by atoms with Gasteiger partial charge in [0.05, 0.1) is 6.61 Å². The number of hydrogen-bond acceptors (Lipinski definition) is 5. The number of rotatable bonds is 9. The predicted octanol–water partition coefficient (Wildman–Crippen LogP) is 3.32. The Labute approximate surface area is 156 Å². The molecule has 2 rings (SSSR count). The van der Waals surface area contributed by atoms with Crippen LogP contribution in [-0.4, -0.2) is 36.7 Å². The molecule has 0 fully saturated rings. The molecule has 0 saturated heterocycles. The summed E-state index contributed by atoms with van der Waals surface area (Å²) in [5.41, 5.74) is 0.259. The molecule has 0 aliphatic carbocycles. The summed E-state index contributed by atoms with van der Waals surface area (Å²) in [5, 5.41) is 13.7. The smallest absolute Gasteiger partial charge is 0.341 e. The van der Waals surface area contributed by atoms with Gasteiger partial charge in [-0.15, -0.1) is 11.3 Å². The highest BCUT2D eigenvalue weighted by atomic mass is 32.1. The second-order valence-electron chi connectivity index (χ2n) is 6.32. The lowest BCUT2D eigenvalue weighted by Crippen LogP contribution is -2.36. The van der Waals surface area contributed by atoms with E-state index in [4.69, 9.17) is 14.6 Å². The van der Waals surface area contributed by atoms with Gasteiger partial charge in [0.2, 0.25) is 0 Å². The molecule has 2 N–H and O–H groups in total. The van der Waals surface area contributed by atoms with Gasteiger partial charge in [0.15, 0.2) is 18.1 Å². The van der Waals surface area contributed by atoms with E-state index in [1.54, 1.807) is 36.5 Å². The van der Waals surface area contributed by atoms with Crippen molar-refractivity contribution >= 4 is 23.2 Å². The van der Waals surface area contributed by atoms with Gasteiger partial charge >= 0.3 is 5.97 Å². The summed E-state index contributed by atoms with van der Waals surface area (Å²) in [5.74, 6) is -0.658. The van der Waals surface area contributed by atoms with E-state index >= 15 is 0 Å². The van der Waals surface area contributed by atoms with Gasteiger partial charge in [-0.2, -0.15) is 0 Å². The van der Waals surface area contributed by atoms with E-state index in [2.05, 4.69) is 25.2 Å². The molecule has 0 saturated carbocycles. The van der Waals surface area contributed by atoms with E-state index in [9.17, 15) is 9.59 Å². The summed E-state index contributed by atoms with van der Waals surface area (Å²) < 4.78 is 10.7. The normalized spacial score (nSPS) is 11.0. The molecule has 1 aromatic heterocycles. The molecule has 0 spiro atoms. The number of hydrogen-bond donors (Lipinski definition) is 2. The Morgan fingerprint density at radius 1 is 1.19 bits per heavy atom. The molecule has 0 aliphatic rings. The monoisotopic (exact) mass is 377 g/mol. The van der Waals surface area contributed by atoms with Crippen molar-refractivity contribution in [3.05, 3.63) is 46.2 Å². The number of thiophene rings is 1. The van der Waals surface area contributed by atoms with Crippen LogP contribution in [0.4, 0.5) is 0 Å². The Kier molecular flexibility index (Phi) is 6.63.